The van der Waals surface area contributed by atoms with Crippen molar-refractivity contribution in [1.82, 2.24) is 0 Å². The van der Waals surface area contributed by atoms with Gasteiger partial charge in [0.2, 0.25) is 0 Å². The molecule has 164 valence electrons. The normalized spacial score (nSPS) is 13.6. The molecule has 0 aliphatic heterocycles. The topological polar surface area (TPSA) is 89.1 Å². The third kappa shape index (κ3) is 7.70. The number of rotatable bonds is 7. The van der Waals surface area contributed by atoms with Gasteiger partial charge in [0.05, 0.1) is 17.8 Å². The number of hydrogen-bond donors (Lipinski definition) is 3. The van der Waals surface area contributed by atoms with E-state index in [0.717, 1.165) is 24.3 Å². The highest BCUT2D eigenvalue weighted by atomic mass is 19.4. The summed E-state index contributed by atoms with van der Waals surface area (Å²) in [6.45, 7) is -0.702. The quantitative estimate of drug-likeness (QED) is 0.349. The summed E-state index contributed by atoms with van der Waals surface area (Å²) in [5, 5.41) is 12.3. The monoisotopic (exact) mass is 437 g/mol. The van der Waals surface area contributed by atoms with Gasteiger partial charge in [-0.2, -0.15) is 13.2 Å². The third-order valence-corrected chi connectivity index (χ3v) is 3.45. The first-order chi connectivity index (χ1) is 13.9. The molecule has 30 heavy (non-hydrogen) atoms. The molecule has 0 aromatic heterocycles. The maximum atomic E-state index is 12.7. The Labute approximate surface area is 166 Å². The lowest BCUT2D eigenvalue weighted by molar-refractivity contribution is -0.274. The highest BCUT2D eigenvalue weighted by Crippen LogP contribution is 2.31. The Bertz CT molecular complexity index is 871. The van der Waals surface area contributed by atoms with E-state index in [2.05, 4.69) is 15.0 Å². The molecule has 1 unspecified atom stereocenters. The van der Waals surface area contributed by atoms with Gasteiger partial charge in [-0.3, -0.25) is 4.99 Å². The van der Waals surface area contributed by atoms with Gasteiger partial charge in [-0.1, -0.05) is 18.2 Å². The van der Waals surface area contributed by atoms with E-state index in [1.54, 1.807) is 0 Å². The van der Waals surface area contributed by atoms with Crippen LogP contribution >= 0.6 is 0 Å². The van der Waals surface area contributed by atoms with Gasteiger partial charge in [0.1, 0.15) is 18.5 Å². The standard InChI is InChI=1S/C18H17F6N3O3/c19-17(20,21)11-4-3-5-13(8-11)29-10-12(28)9-26-16(25)27-14-6-1-2-7-15(14)30-18(22,23)24/h1-8,12,28H,9-10H2,(H3,25,26,27). The molecular weight excluding hydrogens is 420 g/mol. The van der Waals surface area contributed by atoms with Crippen LogP contribution in [0, 0.1) is 0 Å². The molecule has 0 heterocycles. The molecule has 4 N–H and O–H groups in total. The number of benzene rings is 2. The molecule has 0 saturated heterocycles. The minimum atomic E-state index is -4.90. The fourth-order valence-electron chi connectivity index (χ4n) is 2.17. The van der Waals surface area contributed by atoms with Crippen LogP contribution in [-0.2, 0) is 6.18 Å². The van der Waals surface area contributed by atoms with Gasteiger partial charge >= 0.3 is 12.5 Å². The van der Waals surface area contributed by atoms with Gasteiger partial charge in [0, 0.05) is 0 Å². The molecular formula is C18H17F6N3O3. The smallest absolute Gasteiger partial charge is 0.491 e. The average Bonchev–Trinajstić information content (AvgIpc) is 2.65. The highest BCUT2D eigenvalue weighted by Gasteiger charge is 2.32. The van der Waals surface area contributed by atoms with E-state index in [-0.39, 0.29) is 30.5 Å². The van der Waals surface area contributed by atoms with Crippen LogP contribution in [-0.4, -0.2) is 36.7 Å². The van der Waals surface area contributed by atoms with Gasteiger partial charge in [-0.25, -0.2) is 0 Å². The Hall–Kier alpha value is -3.15. The first-order valence-corrected chi connectivity index (χ1v) is 8.34. The summed E-state index contributed by atoms with van der Waals surface area (Å²) in [6.07, 6.45) is -10.7. The van der Waals surface area contributed by atoms with E-state index in [4.69, 9.17) is 10.5 Å². The number of halogens is 6. The van der Waals surface area contributed by atoms with E-state index in [1.807, 2.05) is 0 Å². The van der Waals surface area contributed by atoms with Crippen LogP contribution in [0.5, 0.6) is 11.5 Å². The van der Waals surface area contributed by atoms with Crippen molar-refractivity contribution in [3.8, 4) is 11.5 Å². The van der Waals surface area contributed by atoms with Crippen LogP contribution < -0.4 is 20.5 Å². The van der Waals surface area contributed by atoms with E-state index in [0.29, 0.717) is 0 Å². The summed E-state index contributed by atoms with van der Waals surface area (Å²) in [7, 11) is 0. The number of alkyl halides is 6. The van der Waals surface area contributed by atoms with Crippen molar-refractivity contribution in [3.63, 3.8) is 0 Å². The van der Waals surface area contributed by atoms with Crippen molar-refractivity contribution in [1.29, 1.82) is 0 Å². The van der Waals surface area contributed by atoms with Crippen molar-refractivity contribution in [2.75, 3.05) is 18.5 Å². The number of anilines is 1. The van der Waals surface area contributed by atoms with Crippen molar-refractivity contribution < 1.29 is 40.9 Å². The third-order valence-electron chi connectivity index (χ3n) is 3.45. The molecule has 0 saturated carbocycles. The SMILES string of the molecule is NC(=NCC(O)COc1cccc(C(F)(F)F)c1)Nc1ccccc1OC(F)(F)F. The van der Waals surface area contributed by atoms with E-state index in [9.17, 15) is 31.4 Å². The van der Waals surface area contributed by atoms with Gasteiger partial charge in [0.15, 0.2) is 11.7 Å². The predicted molar refractivity (Wildman–Crippen MR) is 96.2 cm³/mol. The van der Waals surface area contributed by atoms with Crippen molar-refractivity contribution in [2.24, 2.45) is 10.7 Å². The zero-order chi connectivity index (χ0) is 22.4. The first-order valence-electron chi connectivity index (χ1n) is 8.34. The number of nitrogens with two attached hydrogens (primary N) is 1. The van der Waals surface area contributed by atoms with E-state index in [1.165, 1.54) is 24.3 Å². The number of aliphatic hydroxyl groups is 1. The second-order valence-corrected chi connectivity index (χ2v) is 5.89. The maximum Gasteiger partial charge on any atom is 0.573 e. The Morgan fingerprint density at radius 2 is 1.77 bits per heavy atom. The molecule has 0 aliphatic rings. The zero-order valence-electron chi connectivity index (χ0n) is 15.2. The molecule has 0 aliphatic carbocycles. The molecule has 0 radical (unpaired) electrons. The van der Waals surface area contributed by atoms with Crippen LogP contribution in [0.15, 0.2) is 53.5 Å². The number of para-hydroxylation sites is 2. The molecule has 2 aromatic rings. The Balaban J connectivity index is 1.91. The molecule has 0 amide bonds. The predicted octanol–water partition coefficient (Wildman–Crippen LogP) is 3.77. The minimum Gasteiger partial charge on any atom is -0.491 e. The van der Waals surface area contributed by atoms with Crippen molar-refractivity contribution in [2.45, 2.75) is 18.6 Å². The summed E-state index contributed by atoms with van der Waals surface area (Å²) >= 11 is 0. The number of hydrogen-bond acceptors (Lipinski definition) is 4. The van der Waals surface area contributed by atoms with E-state index >= 15 is 0 Å². The summed E-state index contributed by atoms with van der Waals surface area (Å²) < 4.78 is 84.2. The van der Waals surface area contributed by atoms with Crippen molar-refractivity contribution in [3.05, 3.63) is 54.1 Å². The lowest BCUT2D eigenvalue weighted by Crippen LogP contribution is -2.27. The van der Waals surface area contributed by atoms with Gasteiger partial charge in [-0.15, -0.1) is 13.2 Å². The van der Waals surface area contributed by atoms with Crippen LogP contribution in [0.1, 0.15) is 5.56 Å². The fraction of sp³-hybridized carbons (Fsp3) is 0.278. The summed E-state index contributed by atoms with van der Waals surface area (Å²) in [6, 6.07) is 9.22. The molecule has 2 aromatic carbocycles. The van der Waals surface area contributed by atoms with Crippen LogP contribution in [0.2, 0.25) is 0 Å². The second kappa shape index (κ2) is 9.57. The van der Waals surface area contributed by atoms with Crippen LogP contribution in [0.3, 0.4) is 0 Å². The maximum absolute atomic E-state index is 12.7. The van der Waals surface area contributed by atoms with Crippen LogP contribution in [0.4, 0.5) is 32.0 Å². The lowest BCUT2D eigenvalue weighted by atomic mass is 10.2. The molecule has 12 heteroatoms. The highest BCUT2D eigenvalue weighted by molar-refractivity contribution is 5.93. The number of nitrogens with zero attached hydrogens (tertiary/aromatic N) is 1. The minimum absolute atomic E-state index is 0.0998. The Kier molecular flexibility index (Phi) is 7.38. The van der Waals surface area contributed by atoms with Gasteiger partial charge in [0.25, 0.3) is 0 Å². The fourth-order valence-corrected chi connectivity index (χ4v) is 2.17. The number of aliphatic hydroxyl groups excluding tert-OH is 1. The summed E-state index contributed by atoms with van der Waals surface area (Å²) in [5.74, 6) is -0.944. The number of aliphatic imine (C=N–C) groups is 1. The largest absolute Gasteiger partial charge is 0.573 e. The Morgan fingerprint density at radius 1 is 1.07 bits per heavy atom. The lowest BCUT2D eigenvalue weighted by Gasteiger charge is -2.15. The molecule has 2 rings (SSSR count). The number of guanidine groups is 1. The molecule has 0 fully saturated rings. The second-order valence-electron chi connectivity index (χ2n) is 5.89. The van der Waals surface area contributed by atoms with E-state index < -0.39 is 30.0 Å². The first kappa shape index (κ1) is 23.1. The molecule has 0 spiro atoms. The number of ether oxygens (including phenoxy) is 2. The average molecular weight is 437 g/mol. The molecule has 1 atom stereocenters. The summed E-state index contributed by atoms with van der Waals surface area (Å²) in [5.41, 5.74) is 4.58. The van der Waals surface area contributed by atoms with Gasteiger partial charge in [-0.05, 0) is 30.3 Å². The molecule has 6 nitrogen and oxygen atoms in total. The summed E-state index contributed by atoms with van der Waals surface area (Å²) in [4.78, 5) is 3.76. The number of nitrogens with one attached hydrogen (secondary N) is 1. The molecule has 0 bridgehead atoms. The van der Waals surface area contributed by atoms with Crippen LogP contribution in [0.25, 0.3) is 0 Å². The zero-order valence-corrected chi connectivity index (χ0v) is 15.2. The Morgan fingerprint density at radius 3 is 2.43 bits per heavy atom. The van der Waals surface area contributed by atoms with Gasteiger partial charge < -0.3 is 25.6 Å². The van der Waals surface area contributed by atoms with Crippen molar-refractivity contribution >= 4 is 11.6 Å².